The Balaban J connectivity index is 1.42. The summed E-state index contributed by atoms with van der Waals surface area (Å²) in [5, 5.41) is 0.782. The average Bonchev–Trinajstić information content (AvgIpc) is 3.51. The lowest BCUT2D eigenvalue weighted by molar-refractivity contribution is -0.140. The van der Waals surface area contributed by atoms with E-state index in [4.69, 9.17) is 23.2 Å². The molecule has 1 fully saturated rings. The summed E-state index contributed by atoms with van der Waals surface area (Å²) in [6.07, 6.45) is -3.21. The van der Waals surface area contributed by atoms with Crippen LogP contribution in [0.15, 0.2) is 60.9 Å². The third-order valence-corrected chi connectivity index (χ3v) is 7.69. The van der Waals surface area contributed by atoms with E-state index < -0.39 is 17.6 Å². The number of benzene rings is 3. The molecule has 4 aromatic rings. The van der Waals surface area contributed by atoms with E-state index in [2.05, 4.69) is 9.97 Å². The second-order valence-electron chi connectivity index (χ2n) is 9.42. The van der Waals surface area contributed by atoms with Crippen molar-refractivity contribution in [2.24, 2.45) is 0 Å². The monoisotopic (exact) mass is 564 g/mol. The number of amides is 1. The Hall–Kier alpha value is -3.14. The normalized spacial score (nSPS) is 18.1. The third kappa shape index (κ3) is 5.23. The molecule has 198 valence electrons. The topological polar surface area (TPSA) is 52.2 Å². The summed E-state index contributed by atoms with van der Waals surface area (Å²) in [6, 6.07) is 13.3. The molecule has 2 heterocycles. The lowest BCUT2D eigenvalue weighted by Crippen LogP contribution is -2.38. The fourth-order valence-electron chi connectivity index (χ4n) is 5.01. The molecule has 11 heteroatoms. The number of nitrogens with one attached hydrogen (secondary N) is 1. The quantitative estimate of drug-likeness (QED) is 0.272. The van der Waals surface area contributed by atoms with Gasteiger partial charge in [-0.3, -0.25) is 9.69 Å². The summed E-state index contributed by atoms with van der Waals surface area (Å²) in [5.41, 5.74) is 1.95. The zero-order valence-corrected chi connectivity index (χ0v) is 21.6. The molecular formula is C27H22Cl2F4N4O. The first-order chi connectivity index (χ1) is 18.0. The van der Waals surface area contributed by atoms with Crippen LogP contribution in [0, 0.1) is 5.82 Å². The van der Waals surface area contributed by atoms with Gasteiger partial charge in [-0.1, -0.05) is 35.3 Å². The van der Waals surface area contributed by atoms with Gasteiger partial charge in [0.15, 0.2) is 0 Å². The lowest BCUT2D eigenvalue weighted by atomic mass is 9.93. The molecule has 0 spiro atoms. The smallest absolute Gasteiger partial charge is 0.345 e. The standard InChI is InChI=1S/C27H22Cl2F4N4O/c1-36(11-15-2-5-19(22(30)8-15)27(31,32)33)25-13-37(12-18(25)16-3-6-20(28)21(29)9-16)26(38)17-4-7-23-24(10-17)35-14-34-23/h2-10,14,18,25H,11-13H2,1H3,(H,34,35)/t18-,25+/m1/s1. The minimum Gasteiger partial charge on any atom is -0.345 e. The van der Waals surface area contributed by atoms with E-state index in [-0.39, 0.29) is 24.4 Å². The maximum absolute atomic E-state index is 14.2. The number of carbonyl (C=O) groups excluding carboxylic acids is 1. The van der Waals surface area contributed by atoms with Gasteiger partial charge in [-0.2, -0.15) is 13.2 Å². The zero-order valence-electron chi connectivity index (χ0n) is 20.1. The highest BCUT2D eigenvalue weighted by molar-refractivity contribution is 6.42. The Bertz CT molecular complexity index is 1510. The van der Waals surface area contributed by atoms with Gasteiger partial charge in [0.05, 0.1) is 33.0 Å². The van der Waals surface area contributed by atoms with Gasteiger partial charge >= 0.3 is 6.18 Å². The summed E-state index contributed by atoms with van der Waals surface area (Å²) in [7, 11) is 1.80. The Morgan fingerprint density at radius 1 is 1.08 bits per heavy atom. The Morgan fingerprint density at radius 3 is 2.58 bits per heavy atom. The lowest BCUT2D eigenvalue weighted by Gasteiger charge is -2.29. The van der Waals surface area contributed by atoms with E-state index in [1.54, 1.807) is 48.6 Å². The van der Waals surface area contributed by atoms with Crippen molar-refractivity contribution in [1.82, 2.24) is 19.8 Å². The van der Waals surface area contributed by atoms with Crippen LogP contribution in [-0.4, -0.2) is 51.9 Å². The van der Waals surface area contributed by atoms with Crippen LogP contribution in [0.1, 0.15) is 33.0 Å². The highest BCUT2D eigenvalue weighted by atomic mass is 35.5. The van der Waals surface area contributed by atoms with Crippen molar-refractivity contribution < 1.29 is 22.4 Å². The van der Waals surface area contributed by atoms with Crippen LogP contribution in [0.25, 0.3) is 11.0 Å². The van der Waals surface area contributed by atoms with E-state index in [0.717, 1.165) is 28.7 Å². The molecule has 1 aromatic heterocycles. The highest BCUT2D eigenvalue weighted by Crippen LogP contribution is 2.36. The summed E-state index contributed by atoms with van der Waals surface area (Å²) >= 11 is 12.4. The van der Waals surface area contributed by atoms with Crippen LogP contribution in [0.3, 0.4) is 0 Å². The van der Waals surface area contributed by atoms with Crippen LogP contribution < -0.4 is 0 Å². The minimum absolute atomic E-state index is 0.164. The number of likely N-dealkylation sites (tertiary alicyclic amines) is 1. The van der Waals surface area contributed by atoms with Crippen molar-refractivity contribution in [3.8, 4) is 0 Å². The highest BCUT2D eigenvalue weighted by Gasteiger charge is 2.39. The first-order valence-electron chi connectivity index (χ1n) is 11.7. The predicted molar refractivity (Wildman–Crippen MR) is 138 cm³/mol. The van der Waals surface area contributed by atoms with Gasteiger partial charge in [-0.15, -0.1) is 0 Å². The number of H-pyrrole nitrogens is 1. The molecule has 0 aliphatic carbocycles. The van der Waals surface area contributed by atoms with Crippen LogP contribution in [0.2, 0.25) is 10.0 Å². The predicted octanol–water partition coefficient (Wildman–Crippen LogP) is 6.77. The van der Waals surface area contributed by atoms with Crippen molar-refractivity contribution >= 4 is 40.1 Å². The van der Waals surface area contributed by atoms with Crippen LogP contribution in [0.4, 0.5) is 17.6 Å². The van der Waals surface area contributed by atoms with Crippen LogP contribution >= 0.6 is 23.2 Å². The summed E-state index contributed by atoms with van der Waals surface area (Å²) < 4.78 is 53.2. The van der Waals surface area contributed by atoms with E-state index in [9.17, 15) is 22.4 Å². The molecule has 0 unspecified atom stereocenters. The SMILES string of the molecule is CN(Cc1ccc(C(F)(F)F)c(F)c1)[C@H]1CN(C(=O)c2ccc3nc[nH]c3c2)C[C@@H]1c1ccc(Cl)c(Cl)c1. The molecule has 0 bridgehead atoms. The summed E-state index contributed by atoms with van der Waals surface area (Å²) in [4.78, 5) is 24.3. The van der Waals surface area contributed by atoms with E-state index in [0.29, 0.717) is 34.3 Å². The molecule has 1 amide bonds. The van der Waals surface area contributed by atoms with Crippen LogP contribution in [-0.2, 0) is 12.7 Å². The van der Waals surface area contributed by atoms with Gasteiger partial charge in [0.25, 0.3) is 5.91 Å². The maximum Gasteiger partial charge on any atom is 0.419 e. The molecule has 1 N–H and O–H groups in total. The number of alkyl halides is 3. The number of likely N-dealkylation sites (N-methyl/N-ethyl adjacent to an activating group) is 1. The number of hydrogen-bond donors (Lipinski definition) is 1. The molecule has 1 saturated heterocycles. The van der Waals surface area contributed by atoms with Gasteiger partial charge in [0.1, 0.15) is 5.82 Å². The van der Waals surface area contributed by atoms with E-state index >= 15 is 0 Å². The van der Waals surface area contributed by atoms with Crippen molar-refractivity contribution in [3.63, 3.8) is 0 Å². The van der Waals surface area contributed by atoms with Crippen molar-refractivity contribution in [3.05, 3.63) is 99.0 Å². The van der Waals surface area contributed by atoms with E-state index in [1.807, 2.05) is 11.0 Å². The molecule has 5 rings (SSSR count). The number of fused-ring (bicyclic) bond motifs is 1. The van der Waals surface area contributed by atoms with Crippen molar-refractivity contribution in [2.75, 3.05) is 20.1 Å². The number of nitrogens with zero attached hydrogens (tertiary/aromatic N) is 3. The summed E-state index contributed by atoms with van der Waals surface area (Å²) in [6.45, 7) is 0.915. The van der Waals surface area contributed by atoms with Gasteiger partial charge in [0, 0.05) is 37.2 Å². The summed E-state index contributed by atoms with van der Waals surface area (Å²) in [5.74, 6) is -1.65. The van der Waals surface area contributed by atoms with Crippen LogP contribution in [0.5, 0.6) is 0 Å². The number of aromatic nitrogens is 2. The molecule has 0 saturated carbocycles. The van der Waals surface area contributed by atoms with Crippen molar-refractivity contribution in [2.45, 2.75) is 24.7 Å². The van der Waals surface area contributed by atoms with Gasteiger partial charge in [-0.25, -0.2) is 9.37 Å². The molecular weight excluding hydrogens is 543 g/mol. The van der Waals surface area contributed by atoms with E-state index in [1.165, 1.54) is 6.07 Å². The minimum atomic E-state index is -4.76. The van der Waals surface area contributed by atoms with Gasteiger partial charge in [-0.05, 0) is 60.6 Å². The zero-order chi connectivity index (χ0) is 27.2. The number of carbonyl (C=O) groups is 1. The number of halogens is 6. The molecule has 1 aliphatic heterocycles. The molecule has 38 heavy (non-hydrogen) atoms. The number of aromatic amines is 1. The number of imidazole rings is 1. The molecule has 5 nitrogen and oxygen atoms in total. The average molecular weight is 565 g/mol. The fourth-order valence-corrected chi connectivity index (χ4v) is 5.32. The number of hydrogen-bond acceptors (Lipinski definition) is 3. The third-order valence-electron chi connectivity index (χ3n) is 6.95. The van der Waals surface area contributed by atoms with Crippen molar-refractivity contribution in [1.29, 1.82) is 0 Å². The first kappa shape index (κ1) is 26.5. The second-order valence-corrected chi connectivity index (χ2v) is 10.2. The molecule has 0 radical (unpaired) electrons. The molecule has 1 aliphatic rings. The Labute approximate surface area is 226 Å². The van der Waals surface area contributed by atoms with Gasteiger partial charge < -0.3 is 9.88 Å². The second kappa shape index (κ2) is 10.2. The largest absolute Gasteiger partial charge is 0.419 e. The Morgan fingerprint density at radius 2 is 1.87 bits per heavy atom. The Kier molecular flexibility index (Phi) is 7.11. The van der Waals surface area contributed by atoms with Gasteiger partial charge in [0.2, 0.25) is 0 Å². The first-order valence-corrected chi connectivity index (χ1v) is 12.5. The molecule has 3 aromatic carbocycles. The maximum atomic E-state index is 14.2. The fraction of sp³-hybridized carbons (Fsp3) is 0.259. The number of rotatable bonds is 5. The molecule has 2 atom stereocenters.